The van der Waals surface area contributed by atoms with Crippen molar-refractivity contribution in [2.75, 3.05) is 26.2 Å². The summed E-state index contributed by atoms with van der Waals surface area (Å²) in [7, 11) is 0. The van der Waals surface area contributed by atoms with Crippen LogP contribution in [-0.2, 0) is 0 Å². The van der Waals surface area contributed by atoms with Crippen molar-refractivity contribution in [1.82, 2.24) is 10.2 Å². The van der Waals surface area contributed by atoms with E-state index in [-0.39, 0.29) is 41.5 Å². The molecule has 20 heavy (non-hydrogen) atoms. The first-order valence-corrected chi connectivity index (χ1v) is 7.45. The van der Waals surface area contributed by atoms with Gasteiger partial charge in [0.15, 0.2) is 5.96 Å². The Morgan fingerprint density at radius 2 is 1.85 bits per heavy atom. The molecule has 0 unspecified atom stereocenters. The van der Waals surface area contributed by atoms with Crippen LogP contribution in [0.4, 0.5) is 0 Å². The van der Waals surface area contributed by atoms with E-state index in [1.807, 2.05) is 0 Å². The molecule has 1 saturated carbocycles. The molecule has 118 valence electrons. The van der Waals surface area contributed by atoms with Gasteiger partial charge in [0.2, 0.25) is 0 Å². The fourth-order valence-electron chi connectivity index (χ4n) is 2.58. The molecule has 1 aliphatic heterocycles. The highest BCUT2D eigenvalue weighted by molar-refractivity contribution is 14.0. The smallest absolute Gasteiger partial charge is 0.194 e. The summed E-state index contributed by atoms with van der Waals surface area (Å²) in [4.78, 5) is 7.14. The van der Waals surface area contributed by atoms with Crippen molar-refractivity contribution >= 4 is 29.9 Å². The van der Waals surface area contributed by atoms with E-state index < -0.39 is 0 Å². The lowest BCUT2D eigenvalue weighted by Crippen LogP contribution is -2.72. The number of hydrogen-bond acceptors (Lipinski definition) is 2. The molecule has 1 aliphatic carbocycles. The molecule has 2 rings (SSSR count). The Kier molecular flexibility index (Phi) is 5.39. The summed E-state index contributed by atoms with van der Waals surface area (Å²) in [6.45, 7) is 14.2. The normalized spacial score (nSPS) is 25.5. The van der Waals surface area contributed by atoms with E-state index in [2.05, 4.69) is 44.8 Å². The molecule has 1 heterocycles. The molecular formula is C15H30IN3O. The zero-order valence-corrected chi connectivity index (χ0v) is 15.8. The number of nitrogens with zero attached hydrogens (tertiary/aromatic N) is 2. The molecule has 2 fully saturated rings. The quantitative estimate of drug-likeness (QED) is 0.437. The van der Waals surface area contributed by atoms with E-state index in [1.165, 1.54) is 0 Å². The first-order chi connectivity index (χ1) is 8.78. The lowest BCUT2D eigenvalue weighted by Gasteiger charge is -2.62. The van der Waals surface area contributed by atoms with Gasteiger partial charge in [0.25, 0.3) is 0 Å². The molecule has 2 N–H and O–H groups in total. The summed E-state index contributed by atoms with van der Waals surface area (Å²) < 4.78 is 0. The van der Waals surface area contributed by atoms with Crippen LogP contribution in [0.3, 0.4) is 0 Å². The molecule has 2 aliphatic rings. The standard InChI is InChI=1S/C15H29N3O.HI/c1-6-16-12(17-9-15(11-19)7-8-15)18-10-13(2,3)14(18,4)5;/h19H,6-11H2,1-5H3,(H,16,17);1H. The number of hydrogen-bond donors (Lipinski definition) is 2. The van der Waals surface area contributed by atoms with Gasteiger partial charge in [0.1, 0.15) is 0 Å². The SMILES string of the molecule is CCNC(=NCC1(CO)CC1)N1CC(C)(C)C1(C)C.I. The average molecular weight is 395 g/mol. The number of rotatable bonds is 4. The summed E-state index contributed by atoms with van der Waals surface area (Å²) in [6.07, 6.45) is 2.22. The van der Waals surface area contributed by atoms with E-state index in [0.717, 1.165) is 38.4 Å². The molecule has 5 heteroatoms. The number of likely N-dealkylation sites (tertiary alicyclic amines) is 1. The molecule has 0 aromatic heterocycles. The Morgan fingerprint density at radius 3 is 2.20 bits per heavy atom. The summed E-state index contributed by atoms with van der Waals surface area (Å²) in [6, 6.07) is 0. The molecule has 0 amide bonds. The predicted molar refractivity (Wildman–Crippen MR) is 94.7 cm³/mol. The number of guanidine groups is 1. The first kappa shape index (κ1) is 18.0. The zero-order valence-electron chi connectivity index (χ0n) is 13.5. The Morgan fingerprint density at radius 1 is 1.25 bits per heavy atom. The van der Waals surface area contributed by atoms with Crippen molar-refractivity contribution in [2.24, 2.45) is 15.8 Å². The van der Waals surface area contributed by atoms with E-state index in [4.69, 9.17) is 4.99 Å². The zero-order chi connectivity index (χ0) is 14.3. The van der Waals surface area contributed by atoms with Crippen molar-refractivity contribution in [3.8, 4) is 0 Å². The maximum atomic E-state index is 9.39. The average Bonchev–Trinajstić information content (AvgIpc) is 3.12. The third-order valence-corrected chi connectivity index (χ3v) is 5.33. The van der Waals surface area contributed by atoms with Gasteiger partial charge in [-0.25, -0.2) is 0 Å². The highest BCUT2D eigenvalue weighted by Gasteiger charge is 2.54. The molecule has 0 radical (unpaired) electrons. The molecule has 0 spiro atoms. The van der Waals surface area contributed by atoms with Crippen LogP contribution in [0.5, 0.6) is 0 Å². The van der Waals surface area contributed by atoms with Gasteiger partial charge < -0.3 is 15.3 Å². The van der Waals surface area contributed by atoms with Crippen molar-refractivity contribution in [3.63, 3.8) is 0 Å². The Bertz CT molecular complexity index is 375. The van der Waals surface area contributed by atoms with Crippen LogP contribution in [0.1, 0.15) is 47.5 Å². The molecule has 0 bridgehead atoms. The van der Waals surface area contributed by atoms with E-state index in [9.17, 15) is 5.11 Å². The van der Waals surface area contributed by atoms with Crippen LogP contribution >= 0.6 is 24.0 Å². The van der Waals surface area contributed by atoms with Crippen LogP contribution in [-0.4, -0.2) is 47.7 Å². The number of aliphatic hydroxyl groups is 1. The molecule has 0 aromatic rings. The van der Waals surface area contributed by atoms with Gasteiger partial charge in [-0.15, -0.1) is 24.0 Å². The minimum Gasteiger partial charge on any atom is -0.396 e. The van der Waals surface area contributed by atoms with Crippen LogP contribution in [0.15, 0.2) is 4.99 Å². The molecule has 0 atom stereocenters. The van der Waals surface area contributed by atoms with E-state index in [0.29, 0.717) is 5.41 Å². The third-order valence-electron chi connectivity index (χ3n) is 5.33. The molecule has 0 aromatic carbocycles. The maximum Gasteiger partial charge on any atom is 0.194 e. The van der Waals surface area contributed by atoms with Crippen molar-refractivity contribution < 1.29 is 5.11 Å². The van der Waals surface area contributed by atoms with Gasteiger partial charge in [-0.05, 0) is 33.6 Å². The Balaban J connectivity index is 0.00000200. The van der Waals surface area contributed by atoms with Crippen LogP contribution in [0.2, 0.25) is 0 Å². The highest BCUT2D eigenvalue weighted by atomic mass is 127. The van der Waals surface area contributed by atoms with Crippen molar-refractivity contribution in [1.29, 1.82) is 0 Å². The fraction of sp³-hybridized carbons (Fsp3) is 0.933. The van der Waals surface area contributed by atoms with Gasteiger partial charge in [-0.1, -0.05) is 13.8 Å². The monoisotopic (exact) mass is 395 g/mol. The van der Waals surface area contributed by atoms with E-state index >= 15 is 0 Å². The van der Waals surface area contributed by atoms with Gasteiger partial charge in [-0.2, -0.15) is 0 Å². The topological polar surface area (TPSA) is 47.9 Å². The second-order valence-electron chi connectivity index (χ2n) is 7.36. The maximum absolute atomic E-state index is 9.39. The van der Waals surface area contributed by atoms with Crippen LogP contribution in [0, 0.1) is 10.8 Å². The number of halogens is 1. The molecule has 4 nitrogen and oxygen atoms in total. The fourth-order valence-corrected chi connectivity index (χ4v) is 2.58. The lowest BCUT2D eigenvalue weighted by atomic mass is 9.65. The van der Waals surface area contributed by atoms with Crippen LogP contribution < -0.4 is 5.32 Å². The van der Waals surface area contributed by atoms with Gasteiger partial charge >= 0.3 is 0 Å². The van der Waals surface area contributed by atoms with Gasteiger partial charge in [0, 0.05) is 29.5 Å². The highest BCUT2D eigenvalue weighted by Crippen LogP contribution is 2.47. The number of nitrogens with one attached hydrogen (secondary N) is 1. The Labute approximate surface area is 140 Å². The number of aliphatic hydroxyl groups excluding tert-OH is 1. The summed E-state index contributed by atoms with van der Waals surface area (Å²) in [5.74, 6) is 1.01. The minimum atomic E-state index is 0. The summed E-state index contributed by atoms with van der Waals surface area (Å²) >= 11 is 0. The molecular weight excluding hydrogens is 365 g/mol. The van der Waals surface area contributed by atoms with Gasteiger partial charge in [0.05, 0.1) is 13.2 Å². The van der Waals surface area contributed by atoms with E-state index in [1.54, 1.807) is 0 Å². The van der Waals surface area contributed by atoms with Crippen molar-refractivity contribution in [2.45, 2.75) is 53.0 Å². The second-order valence-corrected chi connectivity index (χ2v) is 7.36. The molecule has 1 saturated heterocycles. The summed E-state index contributed by atoms with van der Waals surface area (Å²) in [5, 5.41) is 12.8. The van der Waals surface area contributed by atoms with Gasteiger partial charge in [-0.3, -0.25) is 4.99 Å². The minimum absolute atomic E-state index is 0. The summed E-state index contributed by atoms with van der Waals surface area (Å²) in [5.41, 5.74) is 0.534. The largest absolute Gasteiger partial charge is 0.396 e. The third kappa shape index (κ3) is 3.08. The predicted octanol–water partition coefficient (Wildman–Crippen LogP) is 2.46. The lowest BCUT2D eigenvalue weighted by molar-refractivity contribution is -0.0668. The number of aliphatic imine (C=N–C) groups is 1. The Hall–Kier alpha value is -0.0400. The van der Waals surface area contributed by atoms with Crippen LogP contribution in [0.25, 0.3) is 0 Å². The first-order valence-electron chi connectivity index (χ1n) is 7.45. The van der Waals surface area contributed by atoms with Crippen molar-refractivity contribution in [3.05, 3.63) is 0 Å². The second kappa shape index (κ2) is 5.99.